The molecular weight excluding hydrogens is 406 g/mol. The number of sulfonamides is 1. The maximum atomic E-state index is 13.0. The van der Waals surface area contributed by atoms with Crippen molar-refractivity contribution in [2.24, 2.45) is 5.92 Å². The van der Waals surface area contributed by atoms with Gasteiger partial charge in [-0.3, -0.25) is 14.4 Å². The molecule has 3 rings (SSSR count). The van der Waals surface area contributed by atoms with Crippen LogP contribution in [0.2, 0.25) is 0 Å². The number of hydrogen-bond donors (Lipinski definition) is 1. The molecular formula is C21H29N3O5S. The summed E-state index contributed by atoms with van der Waals surface area (Å²) < 4.78 is 27.3. The molecule has 2 amide bonds. The number of carbonyl (C=O) groups excluding carboxylic acids is 3. The smallest absolute Gasteiger partial charge is 0.243 e. The van der Waals surface area contributed by atoms with Gasteiger partial charge in [0.1, 0.15) is 0 Å². The monoisotopic (exact) mass is 435 g/mol. The molecule has 164 valence electrons. The lowest BCUT2D eigenvalue weighted by atomic mass is 9.95. The predicted molar refractivity (Wildman–Crippen MR) is 111 cm³/mol. The van der Waals surface area contributed by atoms with Crippen LogP contribution in [0.4, 0.5) is 0 Å². The van der Waals surface area contributed by atoms with Crippen LogP contribution >= 0.6 is 0 Å². The molecule has 2 aliphatic rings. The maximum absolute atomic E-state index is 13.0. The number of likely N-dealkylation sites (tertiary alicyclic amines) is 1. The highest BCUT2D eigenvalue weighted by molar-refractivity contribution is 7.89. The van der Waals surface area contributed by atoms with E-state index >= 15 is 0 Å². The Morgan fingerprint density at radius 3 is 2.37 bits per heavy atom. The van der Waals surface area contributed by atoms with E-state index in [-0.39, 0.29) is 47.5 Å². The Morgan fingerprint density at radius 1 is 1.03 bits per heavy atom. The van der Waals surface area contributed by atoms with Crippen LogP contribution in [0, 0.1) is 5.92 Å². The van der Waals surface area contributed by atoms with Crippen LogP contribution in [-0.4, -0.2) is 67.4 Å². The van der Waals surface area contributed by atoms with Gasteiger partial charge in [0, 0.05) is 50.6 Å². The lowest BCUT2D eigenvalue weighted by molar-refractivity contribution is -0.138. The highest BCUT2D eigenvalue weighted by Gasteiger charge is 2.35. The first-order chi connectivity index (χ1) is 14.2. The van der Waals surface area contributed by atoms with Crippen molar-refractivity contribution >= 4 is 27.6 Å². The van der Waals surface area contributed by atoms with Gasteiger partial charge < -0.3 is 10.2 Å². The molecule has 1 atom stereocenters. The molecule has 0 aliphatic carbocycles. The second-order valence-corrected chi connectivity index (χ2v) is 10.0. The number of hydrogen-bond acceptors (Lipinski definition) is 5. The molecule has 0 aromatic heterocycles. The van der Waals surface area contributed by atoms with Gasteiger partial charge in [-0.2, -0.15) is 4.31 Å². The number of piperidine rings is 2. The molecule has 2 aliphatic heterocycles. The molecule has 30 heavy (non-hydrogen) atoms. The normalized spacial score (nSPS) is 21.3. The Hall–Kier alpha value is -2.26. The number of carbonyl (C=O) groups is 3. The second-order valence-electron chi connectivity index (χ2n) is 8.09. The average molecular weight is 436 g/mol. The zero-order chi connectivity index (χ0) is 21.9. The topological polar surface area (TPSA) is 104 Å². The molecule has 2 saturated heterocycles. The van der Waals surface area contributed by atoms with Gasteiger partial charge in [-0.25, -0.2) is 8.42 Å². The molecule has 1 N–H and O–H groups in total. The average Bonchev–Trinajstić information content (AvgIpc) is 2.73. The molecule has 0 radical (unpaired) electrons. The molecule has 0 spiro atoms. The van der Waals surface area contributed by atoms with Crippen molar-refractivity contribution < 1.29 is 22.8 Å². The Kier molecular flexibility index (Phi) is 6.92. The number of ketones is 1. The van der Waals surface area contributed by atoms with Crippen molar-refractivity contribution in [1.29, 1.82) is 0 Å². The van der Waals surface area contributed by atoms with E-state index in [0.717, 1.165) is 12.8 Å². The van der Waals surface area contributed by atoms with Crippen LogP contribution in [0.1, 0.15) is 49.9 Å². The summed E-state index contributed by atoms with van der Waals surface area (Å²) >= 11 is 0. The van der Waals surface area contributed by atoms with Crippen LogP contribution in [-0.2, 0) is 19.6 Å². The van der Waals surface area contributed by atoms with Gasteiger partial charge in [0.25, 0.3) is 0 Å². The summed E-state index contributed by atoms with van der Waals surface area (Å²) in [5, 5.41) is 2.88. The van der Waals surface area contributed by atoms with E-state index < -0.39 is 10.0 Å². The van der Waals surface area contributed by atoms with E-state index in [1.54, 1.807) is 17.0 Å². The van der Waals surface area contributed by atoms with E-state index in [9.17, 15) is 22.8 Å². The third-order valence-corrected chi connectivity index (χ3v) is 7.72. The van der Waals surface area contributed by atoms with Crippen molar-refractivity contribution in [3.05, 3.63) is 29.8 Å². The van der Waals surface area contributed by atoms with Gasteiger partial charge in [-0.15, -0.1) is 0 Å². The number of nitrogens with one attached hydrogen (secondary N) is 1. The number of rotatable bonds is 5. The third-order valence-electron chi connectivity index (χ3n) is 5.82. The zero-order valence-corrected chi connectivity index (χ0v) is 18.3. The Labute approximate surface area is 177 Å². The lowest BCUT2D eigenvalue weighted by Gasteiger charge is -2.37. The quantitative estimate of drug-likeness (QED) is 0.705. The van der Waals surface area contributed by atoms with Crippen LogP contribution in [0.3, 0.4) is 0 Å². The van der Waals surface area contributed by atoms with E-state index in [1.165, 1.54) is 30.3 Å². The summed E-state index contributed by atoms with van der Waals surface area (Å²) in [4.78, 5) is 37.7. The minimum atomic E-state index is -3.71. The minimum absolute atomic E-state index is 0.0192. The fourth-order valence-corrected chi connectivity index (χ4v) is 5.72. The molecule has 2 fully saturated rings. The first-order valence-corrected chi connectivity index (χ1v) is 11.8. The molecule has 1 unspecified atom stereocenters. The number of amides is 2. The van der Waals surface area contributed by atoms with Crippen molar-refractivity contribution in [3.8, 4) is 0 Å². The second kappa shape index (κ2) is 9.26. The van der Waals surface area contributed by atoms with Crippen molar-refractivity contribution in [2.75, 3.05) is 26.2 Å². The van der Waals surface area contributed by atoms with Crippen molar-refractivity contribution in [2.45, 2.75) is 50.5 Å². The van der Waals surface area contributed by atoms with Crippen LogP contribution < -0.4 is 5.32 Å². The summed E-state index contributed by atoms with van der Waals surface area (Å²) in [7, 11) is -3.71. The Balaban J connectivity index is 1.61. The van der Waals surface area contributed by atoms with Crippen LogP contribution in [0.5, 0.6) is 0 Å². The summed E-state index contributed by atoms with van der Waals surface area (Å²) in [5.74, 6) is -0.450. The summed E-state index contributed by atoms with van der Waals surface area (Å²) in [6.07, 6.45) is 2.63. The summed E-state index contributed by atoms with van der Waals surface area (Å²) in [5.41, 5.74) is 0.361. The van der Waals surface area contributed by atoms with Crippen LogP contribution in [0.25, 0.3) is 0 Å². The summed E-state index contributed by atoms with van der Waals surface area (Å²) in [6, 6.07) is 6.05. The SMILES string of the molecule is CC(=O)NC1CCCN(C(=O)C2CCN(S(=O)(=O)c3cccc(C(C)=O)c3)CC2)C1. The molecule has 1 aromatic rings. The van der Waals surface area contributed by atoms with Gasteiger partial charge >= 0.3 is 0 Å². The number of nitrogens with zero attached hydrogens (tertiary/aromatic N) is 2. The predicted octanol–water partition coefficient (Wildman–Crippen LogP) is 1.42. The molecule has 9 heteroatoms. The zero-order valence-electron chi connectivity index (χ0n) is 17.5. The van der Waals surface area contributed by atoms with Gasteiger partial charge in [-0.1, -0.05) is 12.1 Å². The molecule has 1 aromatic carbocycles. The Bertz CT molecular complexity index is 922. The first-order valence-electron chi connectivity index (χ1n) is 10.4. The fourth-order valence-electron chi connectivity index (χ4n) is 4.21. The largest absolute Gasteiger partial charge is 0.352 e. The standard InChI is InChI=1S/C21H29N3O5S/c1-15(25)18-5-3-7-20(13-18)30(28,29)24-11-8-17(9-12-24)21(27)23-10-4-6-19(14-23)22-16(2)26/h3,5,7,13,17,19H,4,6,8-12,14H2,1-2H3,(H,22,26). The van der Waals surface area contributed by atoms with Crippen LogP contribution in [0.15, 0.2) is 29.2 Å². The van der Waals surface area contributed by atoms with Crippen molar-refractivity contribution in [3.63, 3.8) is 0 Å². The molecule has 0 bridgehead atoms. The van der Waals surface area contributed by atoms with E-state index in [1.807, 2.05) is 0 Å². The minimum Gasteiger partial charge on any atom is -0.352 e. The maximum Gasteiger partial charge on any atom is 0.243 e. The van der Waals surface area contributed by atoms with E-state index in [4.69, 9.17) is 0 Å². The van der Waals surface area contributed by atoms with E-state index in [2.05, 4.69) is 5.32 Å². The Morgan fingerprint density at radius 2 is 1.73 bits per heavy atom. The number of benzene rings is 1. The highest BCUT2D eigenvalue weighted by atomic mass is 32.2. The highest BCUT2D eigenvalue weighted by Crippen LogP contribution is 2.26. The molecule has 0 saturated carbocycles. The van der Waals surface area contributed by atoms with Crippen molar-refractivity contribution in [1.82, 2.24) is 14.5 Å². The lowest BCUT2D eigenvalue weighted by Crippen LogP contribution is -2.52. The first kappa shape index (κ1) is 22.4. The number of Topliss-reactive ketones (excluding diaryl/α,β-unsaturated/α-hetero) is 1. The van der Waals surface area contributed by atoms with Gasteiger partial charge in [0.2, 0.25) is 21.8 Å². The summed E-state index contributed by atoms with van der Waals surface area (Å²) in [6.45, 7) is 4.60. The van der Waals surface area contributed by atoms with E-state index in [0.29, 0.717) is 31.5 Å². The molecule has 8 nitrogen and oxygen atoms in total. The van der Waals surface area contributed by atoms with Gasteiger partial charge in [0.05, 0.1) is 4.90 Å². The van der Waals surface area contributed by atoms with Gasteiger partial charge in [0.15, 0.2) is 5.78 Å². The fraction of sp³-hybridized carbons (Fsp3) is 0.571. The molecule has 2 heterocycles. The van der Waals surface area contributed by atoms with Gasteiger partial charge in [-0.05, 0) is 44.7 Å². The third kappa shape index (κ3) is 5.07.